The number of alkyl carbamates (subject to hydrolysis) is 1. The fourth-order valence-corrected chi connectivity index (χ4v) is 7.64. The third kappa shape index (κ3) is 11.1. The lowest BCUT2D eigenvalue weighted by Gasteiger charge is -2.32. The molecule has 4 rings (SSSR count). The van der Waals surface area contributed by atoms with Crippen molar-refractivity contribution in [1.29, 1.82) is 0 Å². The highest BCUT2D eigenvalue weighted by Crippen LogP contribution is 2.29. The molecule has 0 aliphatic heterocycles. The Labute approximate surface area is 305 Å². The molecule has 0 unspecified atom stereocenters. The number of rotatable bonds is 18. The van der Waals surface area contributed by atoms with Crippen molar-refractivity contribution < 1.29 is 32.3 Å². The number of nitrogen functional groups attached to an aromatic ring is 1. The number of aromatic nitrogens is 1. The first-order valence-electron chi connectivity index (χ1n) is 17.2. The molecular formula is C39H47N5O7S. The lowest BCUT2D eigenvalue weighted by Crippen LogP contribution is -2.50. The molecule has 276 valence electrons. The van der Waals surface area contributed by atoms with Crippen LogP contribution in [-0.2, 0) is 24.3 Å². The van der Waals surface area contributed by atoms with E-state index in [1.54, 1.807) is 18.3 Å². The molecule has 12 nitrogen and oxygen atoms in total. The summed E-state index contributed by atoms with van der Waals surface area (Å²) in [5.41, 5.74) is 8.19. The highest BCUT2D eigenvalue weighted by molar-refractivity contribution is 7.89. The maximum Gasteiger partial charge on any atom is 0.407 e. The topological polar surface area (TPSA) is 170 Å². The number of benzene rings is 3. The summed E-state index contributed by atoms with van der Waals surface area (Å²) in [7, 11) is -2.78. The molecule has 0 aliphatic rings. The summed E-state index contributed by atoms with van der Waals surface area (Å²) in [6, 6.07) is 26.3. The molecule has 0 saturated heterocycles. The van der Waals surface area contributed by atoms with E-state index in [2.05, 4.69) is 15.6 Å². The van der Waals surface area contributed by atoms with E-state index < -0.39 is 46.0 Å². The van der Waals surface area contributed by atoms with Crippen LogP contribution in [0.2, 0.25) is 0 Å². The minimum atomic E-state index is -4.02. The molecule has 0 spiro atoms. The number of carbonyl (C=O) groups is 3. The predicted molar refractivity (Wildman–Crippen MR) is 199 cm³/mol. The zero-order chi connectivity index (χ0) is 37.5. The predicted octanol–water partition coefficient (Wildman–Crippen LogP) is 5.38. The Morgan fingerprint density at radius 3 is 2.06 bits per heavy atom. The maximum absolute atomic E-state index is 14.0. The average molecular weight is 730 g/mol. The first kappa shape index (κ1) is 39.5. The molecule has 13 heteroatoms. The Balaban J connectivity index is 1.51. The summed E-state index contributed by atoms with van der Waals surface area (Å²) < 4.78 is 40.0. The Morgan fingerprint density at radius 1 is 0.865 bits per heavy atom. The number of anilines is 1. The Morgan fingerprint density at radius 2 is 1.50 bits per heavy atom. The lowest BCUT2D eigenvalue weighted by atomic mass is 9.84. The zero-order valence-electron chi connectivity index (χ0n) is 29.7. The number of nitrogens with one attached hydrogen (secondary N) is 2. The molecule has 1 heterocycles. The first-order chi connectivity index (χ1) is 25.0. The quantitative estimate of drug-likeness (QED) is 0.0692. The van der Waals surface area contributed by atoms with E-state index in [1.807, 2.05) is 74.5 Å². The van der Waals surface area contributed by atoms with Gasteiger partial charge in [-0.3, -0.25) is 9.78 Å². The summed E-state index contributed by atoms with van der Waals surface area (Å²) >= 11 is 0. The third-order valence-electron chi connectivity index (χ3n) is 8.40. The van der Waals surface area contributed by atoms with Crippen molar-refractivity contribution in [2.24, 2.45) is 5.92 Å². The van der Waals surface area contributed by atoms with Crippen LogP contribution in [0, 0.1) is 5.92 Å². The van der Waals surface area contributed by atoms with Crippen LogP contribution in [0.3, 0.4) is 0 Å². The van der Waals surface area contributed by atoms with Gasteiger partial charge < -0.3 is 25.8 Å². The number of unbranched alkanes of at least 4 members (excludes halogenated alkanes) is 1. The van der Waals surface area contributed by atoms with Gasteiger partial charge >= 0.3 is 12.1 Å². The van der Waals surface area contributed by atoms with Gasteiger partial charge in [-0.05, 0) is 72.7 Å². The number of nitrogens with two attached hydrogens (primary N) is 1. The van der Waals surface area contributed by atoms with Gasteiger partial charge in [-0.1, -0.05) is 74.5 Å². The van der Waals surface area contributed by atoms with Gasteiger partial charge in [-0.15, -0.1) is 0 Å². The number of hydrogen-bond donors (Lipinski definition) is 3. The molecule has 0 radical (unpaired) electrons. The number of amides is 2. The molecule has 0 fully saturated rings. The number of methoxy groups -OCH3 is 1. The van der Waals surface area contributed by atoms with Crippen LogP contribution in [0.15, 0.2) is 114 Å². The van der Waals surface area contributed by atoms with Crippen molar-refractivity contribution >= 4 is 33.7 Å². The van der Waals surface area contributed by atoms with Crippen LogP contribution in [-0.4, -0.2) is 74.6 Å². The first-order valence-corrected chi connectivity index (χ1v) is 18.6. The highest BCUT2D eigenvalue weighted by atomic mass is 32.2. The largest absolute Gasteiger partial charge is 0.460 e. The smallest absolute Gasteiger partial charge is 0.407 e. The monoisotopic (exact) mass is 729 g/mol. The Hall–Kier alpha value is -5.27. The van der Waals surface area contributed by atoms with Crippen LogP contribution in [0.25, 0.3) is 0 Å². The summed E-state index contributed by atoms with van der Waals surface area (Å²) in [5, 5.41) is 5.68. The van der Waals surface area contributed by atoms with Crippen LogP contribution >= 0.6 is 0 Å². The molecule has 52 heavy (non-hydrogen) atoms. The zero-order valence-corrected chi connectivity index (χ0v) is 30.5. The van der Waals surface area contributed by atoms with Gasteiger partial charge in [-0.25, -0.2) is 18.0 Å². The highest BCUT2D eigenvalue weighted by Gasteiger charge is 2.34. The molecule has 0 aliphatic carbocycles. The number of nitrogens with zero attached hydrogens (tertiary/aromatic N) is 2. The fourth-order valence-electron chi connectivity index (χ4n) is 5.84. The van der Waals surface area contributed by atoms with Crippen molar-refractivity contribution in [2.75, 3.05) is 32.5 Å². The minimum Gasteiger partial charge on any atom is -0.460 e. The minimum absolute atomic E-state index is 0.0409. The second-order valence-corrected chi connectivity index (χ2v) is 14.6. The van der Waals surface area contributed by atoms with Crippen LogP contribution < -0.4 is 16.4 Å². The molecular weight excluding hydrogens is 683 g/mol. The molecule has 2 atom stereocenters. The van der Waals surface area contributed by atoms with E-state index >= 15 is 0 Å². The number of pyridine rings is 1. The van der Waals surface area contributed by atoms with Crippen molar-refractivity contribution in [1.82, 2.24) is 19.9 Å². The van der Waals surface area contributed by atoms with Crippen LogP contribution in [0.4, 0.5) is 10.5 Å². The molecule has 3 aromatic carbocycles. The fraction of sp³-hybridized carbons (Fsp3) is 0.333. The third-order valence-corrected chi connectivity index (χ3v) is 10.3. The van der Waals surface area contributed by atoms with Gasteiger partial charge in [0.15, 0.2) is 0 Å². The van der Waals surface area contributed by atoms with Crippen molar-refractivity contribution in [3.63, 3.8) is 0 Å². The van der Waals surface area contributed by atoms with Gasteiger partial charge in [0.1, 0.15) is 12.6 Å². The SMILES string of the molecule is COC(=O)N[C@H](C(=O)NCCCC[C@@H](COC(=O)c1cccnc1)N(CC(C)C)S(=O)(=O)c1ccc(N)cc1)C(c1ccccc1)c1ccccc1. The van der Waals surface area contributed by atoms with Crippen molar-refractivity contribution in [2.45, 2.75) is 56.0 Å². The summed E-state index contributed by atoms with van der Waals surface area (Å²) in [6.07, 6.45) is 3.48. The van der Waals surface area contributed by atoms with Crippen molar-refractivity contribution in [3.8, 4) is 0 Å². The van der Waals surface area contributed by atoms with Gasteiger partial charge in [0.25, 0.3) is 0 Å². The normalized spacial score (nSPS) is 12.7. The Bertz CT molecular complexity index is 1790. The summed E-state index contributed by atoms with van der Waals surface area (Å²) in [5.74, 6) is -1.57. The number of esters is 1. The standard InChI is InChI=1S/C39H47N5O7S/c1-28(2)26-44(52(48,49)34-21-19-32(40)20-22-34)33(27-51-38(46)31-17-12-23-41-25-31)18-10-11-24-42-37(45)36(43-39(47)50-3)35(29-13-6-4-7-14-29)30-15-8-5-9-16-30/h4-9,12-17,19-23,25,28,33,35-36H,10-11,18,24,26-27,40H2,1-3H3,(H,42,45)(H,43,47)/t33-,36-/m0/s1. The average Bonchev–Trinajstić information content (AvgIpc) is 3.15. The van der Waals surface area contributed by atoms with Crippen LogP contribution in [0.1, 0.15) is 60.5 Å². The Kier molecular flexibility index (Phi) is 14.7. The second-order valence-electron chi connectivity index (χ2n) is 12.7. The van der Waals surface area contributed by atoms with Crippen molar-refractivity contribution in [3.05, 3.63) is 126 Å². The number of hydrogen-bond acceptors (Lipinski definition) is 9. The van der Waals surface area contributed by atoms with Gasteiger partial charge in [0.05, 0.1) is 23.6 Å². The summed E-state index contributed by atoms with van der Waals surface area (Å²) in [4.78, 5) is 43.2. The molecule has 0 saturated carbocycles. The van der Waals surface area contributed by atoms with Gasteiger partial charge in [0, 0.05) is 37.1 Å². The molecule has 4 aromatic rings. The maximum atomic E-state index is 14.0. The van der Waals surface area contributed by atoms with E-state index in [-0.39, 0.29) is 36.1 Å². The second kappa shape index (κ2) is 19.4. The van der Waals surface area contributed by atoms with E-state index in [9.17, 15) is 22.8 Å². The molecule has 1 aromatic heterocycles. The molecule has 2 amide bonds. The van der Waals surface area contributed by atoms with E-state index in [1.165, 1.54) is 41.9 Å². The molecule has 4 N–H and O–H groups in total. The van der Waals surface area contributed by atoms with Gasteiger partial charge in [0.2, 0.25) is 15.9 Å². The number of ether oxygens (including phenoxy) is 2. The summed E-state index contributed by atoms with van der Waals surface area (Å²) in [6.45, 7) is 4.06. The van der Waals surface area contributed by atoms with E-state index in [0.717, 1.165) is 11.1 Å². The van der Waals surface area contributed by atoms with E-state index in [0.29, 0.717) is 24.9 Å². The number of carbonyl (C=O) groups excluding carboxylic acids is 3. The van der Waals surface area contributed by atoms with E-state index in [4.69, 9.17) is 15.2 Å². The molecule has 0 bridgehead atoms. The van der Waals surface area contributed by atoms with Gasteiger partial charge in [-0.2, -0.15) is 4.31 Å². The van der Waals surface area contributed by atoms with Crippen LogP contribution in [0.5, 0.6) is 0 Å². The number of sulfonamides is 1. The lowest BCUT2D eigenvalue weighted by molar-refractivity contribution is -0.123.